The van der Waals surface area contributed by atoms with Crippen LogP contribution < -0.4 is 14.8 Å². The highest BCUT2D eigenvalue weighted by molar-refractivity contribution is 5.67. The highest BCUT2D eigenvalue weighted by Gasteiger charge is 2.54. The van der Waals surface area contributed by atoms with Gasteiger partial charge in [0.05, 0.1) is 12.7 Å². The molecule has 1 aromatic carbocycles. The lowest BCUT2D eigenvalue weighted by atomic mass is 9.56. The molecule has 5 unspecified atom stereocenters. The summed E-state index contributed by atoms with van der Waals surface area (Å²) < 4.78 is 23.1. The summed E-state index contributed by atoms with van der Waals surface area (Å²) in [5.41, 5.74) is 2.21. The van der Waals surface area contributed by atoms with Gasteiger partial charge in [0.2, 0.25) is 6.79 Å². The van der Waals surface area contributed by atoms with Crippen LogP contribution in [0.4, 0.5) is 4.79 Å². The van der Waals surface area contributed by atoms with Crippen molar-refractivity contribution in [3.63, 3.8) is 0 Å². The van der Waals surface area contributed by atoms with Gasteiger partial charge >= 0.3 is 6.09 Å². The van der Waals surface area contributed by atoms with Crippen molar-refractivity contribution in [3.8, 4) is 11.5 Å². The van der Waals surface area contributed by atoms with E-state index in [2.05, 4.69) is 38.2 Å². The first-order chi connectivity index (χ1) is 14.0. The van der Waals surface area contributed by atoms with E-state index in [0.717, 1.165) is 23.5 Å². The van der Waals surface area contributed by atoms with Gasteiger partial charge in [-0.05, 0) is 42.9 Å². The Morgan fingerprint density at radius 3 is 2.86 bits per heavy atom. The third-order valence-corrected chi connectivity index (χ3v) is 6.97. The third-order valence-electron chi connectivity index (χ3n) is 6.97. The van der Waals surface area contributed by atoms with E-state index in [1.54, 1.807) is 0 Å². The molecule has 4 rings (SSSR count). The highest BCUT2D eigenvalue weighted by atomic mass is 16.7. The van der Waals surface area contributed by atoms with Gasteiger partial charge in [-0.2, -0.15) is 0 Å². The molecule has 158 valence electrons. The van der Waals surface area contributed by atoms with Crippen molar-refractivity contribution in [1.82, 2.24) is 5.32 Å². The molecule has 0 saturated carbocycles. The number of allylic oxidation sites excluding steroid dienone is 1. The van der Waals surface area contributed by atoms with E-state index < -0.39 is 0 Å². The number of nitrogens with one attached hydrogen (secondary N) is 1. The fourth-order valence-electron chi connectivity index (χ4n) is 5.13. The molecule has 6 heteroatoms. The van der Waals surface area contributed by atoms with Gasteiger partial charge in [0.15, 0.2) is 11.5 Å². The van der Waals surface area contributed by atoms with Crippen molar-refractivity contribution < 1.29 is 23.7 Å². The van der Waals surface area contributed by atoms with Gasteiger partial charge < -0.3 is 24.3 Å². The summed E-state index contributed by atoms with van der Waals surface area (Å²) in [6.45, 7) is 10.5. The van der Waals surface area contributed by atoms with E-state index in [4.69, 9.17) is 18.9 Å². The first-order valence-electron chi connectivity index (χ1n) is 10.6. The normalized spacial score (nSPS) is 32.5. The smallest absolute Gasteiger partial charge is 0.407 e. The Kier molecular flexibility index (Phi) is 5.47. The zero-order chi connectivity index (χ0) is 20.6. The molecule has 1 amide bonds. The quantitative estimate of drug-likeness (QED) is 0.738. The molecule has 3 aliphatic rings. The van der Waals surface area contributed by atoms with Crippen LogP contribution in [0.2, 0.25) is 0 Å². The monoisotopic (exact) mass is 401 g/mol. The van der Waals surface area contributed by atoms with Crippen LogP contribution in [0, 0.1) is 23.2 Å². The van der Waals surface area contributed by atoms with E-state index in [0.29, 0.717) is 25.7 Å². The van der Waals surface area contributed by atoms with E-state index in [9.17, 15) is 4.79 Å². The van der Waals surface area contributed by atoms with E-state index in [1.807, 2.05) is 19.1 Å². The van der Waals surface area contributed by atoms with E-state index >= 15 is 0 Å². The lowest BCUT2D eigenvalue weighted by Crippen LogP contribution is -2.54. The molecule has 5 atom stereocenters. The minimum atomic E-state index is -0.346. The number of fused-ring (bicyclic) bond motifs is 3. The Morgan fingerprint density at radius 2 is 2.07 bits per heavy atom. The summed E-state index contributed by atoms with van der Waals surface area (Å²) >= 11 is 0. The summed E-state index contributed by atoms with van der Waals surface area (Å²) in [5, 5.41) is 2.80. The van der Waals surface area contributed by atoms with Crippen LogP contribution >= 0.6 is 0 Å². The van der Waals surface area contributed by atoms with Crippen LogP contribution in [0.25, 0.3) is 0 Å². The molecule has 6 nitrogen and oxygen atoms in total. The Hall–Kier alpha value is -2.21. The molecule has 1 N–H and O–H groups in total. The number of carbonyl (C=O) groups excluding carboxylic acids is 1. The van der Waals surface area contributed by atoms with E-state index in [-0.39, 0.29) is 36.2 Å². The second-order valence-electron chi connectivity index (χ2n) is 8.59. The van der Waals surface area contributed by atoms with E-state index in [1.165, 1.54) is 5.57 Å². The average Bonchev–Trinajstić information content (AvgIpc) is 3.17. The Balaban J connectivity index is 1.57. The third kappa shape index (κ3) is 3.48. The summed E-state index contributed by atoms with van der Waals surface area (Å²) in [6.07, 6.45) is 2.82. The molecule has 2 bridgehead atoms. The predicted molar refractivity (Wildman–Crippen MR) is 109 cm³/mol. The van der Waals surface area contributed by atoms with Crippen molar-refractivity contribution in [3.05, 3.63) is 35.4 Å². The molecule has 2 aliphatic heterocycles. The van der Waals surface area contributed by atoms with Gasteiger partial charge in [0.1, 0.15) is 6.61 Å². The summed E-state index contributed by atoms with van der Waals surface area (Å²) in [5.74, 6) is 2.36. The number of benzene rings is 1. The van der Waals surface area contributed by atoms with Gasteiger partial charge in [-0.15, -0.1) is 0 Å². The number of hydrogen-bond donors (Lipinski definition) is 1. The van der Waals surface area contributed by atoms with Gasteiger partial charge in [-0.3, -0.25) is 0 Å². The lowest BCUT2D eigenvalue weighted by Gasteiger charge is -2.55. The van der Waals surface area contributed by atoms with Crippen molar-refractivity contribution in [1.29, 1.82) is 0 Å². The molecule has 1 aromatic rings. The summed E-state index contributed by atoms with van der Waals surface area (Å²) in [7, 11) is 0. The topological polar surface area (TPSA) is 66.0 Å². The van der Waals surface area contributed by atoms with Crippen molar-refractivity contribution in [2.75, 3.05) is 26.6 Å². The van der Waals surface area contributed by atoms with Crippen LogP contribution in [-0.4, -0.2) is 32.6 Å². The Labute approximate surface area is 172 Å². The van der Waals surface area contributed by atoms with Crippen molar-refractivity contribution in [2.45, 2.75) is 40.2 Å². The van der Waals surface area contributed by atoms with Crippen LogP contribution in [0.3, 0.4) is 0 Å². The maximum Gasteiger partial charge on any atom is 0.407 e. The highest BCUT2D eigenvalue weighted by Crippen LogP contribution is 2.56. The minimum Gasteiger partial charge on any atom is -0.454 e. The second kappa shape index (κ2) is 7.90. The molecule has 1 saturated heterocycles. The zero-order valence-corrected chi connectivity index (χ0v) is 17.7. The maximum atomic E-state index is 12.1. The molecule has 1 aliphatic carbocycles. The lowest BCUT2D eigenvalue weighted by molar-refractivity contribution is -0.165. The van der Waals surface area contributed by atoms with Crippen LogP contribution in [0.15, 0.2) is 29.8 Å². The molecule has 1 fully saturated rings. The van der Waals surface area contributed by atoms with Crippen LogP contribution in [-0.2, 0) is 9.47 Å². The fraction of sp³-hybridized carbons (Fsp3) is 0.609. The molecule has 0 aromatic heterocycles. The predicted octanol–water partition coefficient (Wildman–Crippen LogP) is 4.46. The first kappa shape index (κ1) is 20.1. The number of alkyl carbamates (subject to hydrolysis) is 1. The maximum absolute atomic E-state index is 12.1. The molecular formula is C23H31NO5. The summed E-state index contributed by atoms with van der Waals surface area (Å²) in [6, 6.07) is 6.06. The minimum absolute atomic E-state index is 0.0507. The first-order valence-corrected chi connectivity index (χ1v) is 10.6. The average molecular weight is 402 g/mol. The number of amides is 1. The SMILES string of the molecule is CCCNC(=O)OCC12COC(c3ccc4c(c3)OCO4)C(C(C)=CC1C)C2C. The van der Waals surface area contributed by atoms with Crippen molar-refractivity contribution >= 4 is 6.09 Å². The van der Waals surface area contributed by atoms with Gasteiger partial charge in [0.25, 0.3) is 0 Å². The zero-order valence-electron chi connectivity index (χ0n) is 17.7. The molecule has 29 heavy (non-hydrogen) atoms. The molecule has 2 heterocycles. The number of rotatable bonds is 5. The van der Waals surface area contributed by atoms with Gasteiger partial charge in [0, 0.05) is 17.9 Å². The summed E-state index contributed by atoms with van der Waals surface area (Å²) in [4.78, 5) is 12.1. The van der Waals surface area contributed by atoms with Gasteiger partial charge in [-0.1, -0.05) is 38.5 Å². The van der Waals surface area contributed by atoms with Gasteiger partial charge in [-0.25, -0.2) is 4.79 Å². The number of hydrogen-bond acceptors (Lipinski definition) is 5. The number of ether oxygens (including phenoxy) is 4. The Morgan fingerprint density at radius 1 is 1.28 bits per heavy atom. The largest absolute Gasteiger partial charge is 0.454 e. The second-order valence-corrected chi connectivity index (χ2v) is 8.59. The fourth-order valence-corrected chi connectivity index (χ4v) is 5.13. The molecule has 0 radical (unpaired) electrons. The van der Waals surface area contributed by atoms with Crippen molar-refractivity contribution in [2.24, 2.45) is 23.2 Å². The Bertz CT molecular complexity index is 806. The standard InChI is InChI=1S/C23H31NO5/c1-5-8-24-22(25)27-12-23-11-26-21(20(16(23)4)14(2)9-15(23)3)17-6-7-18-19(10-17)29-13-28-18/h6-7,9-10,15-16,20-21H,5,8,11-13H2,1-4H3,(H,24,25). The van der Waals surface area contributed by atoms with Crippen LogP contribution in [0.5, 0.6) is 11.5 Å². The number of carbonyl (C=O) groups is 1. The van der Waals surface area contributed by atoms with Crippen LogP contribution in [0.1, 0.15) is 45.8 Å². The molecular weight excluding hydrogens is 370 g/mol. The molecule has 0 spiro atoms.